The van der Waals surface area contributed by atoms with E-state index in [2.05, 4.69) is 0 Å². The van der Waals surface area contributed by atoms with Gasteiger partial charge in [0.1, 0.15) is 0 Å². The van der Waals surface area contributed by atoms with Gasteiger partial charge in [0.05, 0.1) is 6.61 Å². The molecule has 94 valence electrons. The number of halogens is 1. The third-order valence-electron chi connectivity index (χ3n) is 3.35. The van der Waals surface area contributed by atoms with Gasteiger partial charge in [-0.2, -0.15) is 4.73 Å². The second-order valence-corrected chi connectivity index (χ2v) is 4.78. The second kappa shape index (κ2) is 5.21. The van der Waals surface area contributed by atoms with Crippen molar-refractivity contribution in [2.75, 3.05) is 26.9 Å². The van der Waals surface area contributed by atoms with Crippen molar-refractivity contribution in [3.05, 3.63) is 34.3 Å². The molecule has 0 aliphatic carbocycles. The minimum atomic E-state index is -0.121. The molecule has 1 fully saturated rings. The maximum Gasteiger partial charge on any atom is 0.286 e. The van der Waals surface area contributed by atoms with Gasteiger partial charge in [-0.25, -0.2) is 0 Å². The topological polar surface area (TPSA) is 45.4 Å². The standard InChI is InChI=1S/C12H16ClNO3/c1-16-9-12(4-6-17-7-5-12)10-2-3-11(13)14(15)8-10/h2-3,8H,4-7,9H2,1H3. The molecule has 1 aromatic heterocycles. The van der Waals surface area contributed by atoms with Gasteiger partial charge in [0.15, 0.2) is 6.20 Å². The fraction of sp³-hybridized carbons (Fsp3) is 0.583. The van der Waals surface area contributed by atoms with Crippen molar-refractivity contribution < 1.29 is 14.2 Å². The minimum Gasteiger partial charge on any atom is -0.618 e. The van der Waals surface area contributed by atoms with Gasteiger partial charge in [-0.15, -0.1) is 0 Å². The maximum absolute atomic E-state index is 11.5. The van der Waals surface area contributed by atoms with E-state index in [9.17, 15) is 5.21 Å². The van der Waals surface area contributed by atoms with Crippen LogP contribution in [0.3, 0.4) is 0 Å². The Morgan fingerprint density at radius 3 is 2.76 bits per heavy atom. The Balaban J connectivity index is 2.34. The molecule has 0 radical (unpaired) electrons. The minimum absolute atomic E-state index is 0.121. The summed E-state index contributed by atoms with van der Waals surface area (Å²) in [6, 6.07) is 3.54. The van der Waals surface area contributed by atoms with E-state index in [0.29, 0.717) is 24.6 Å². The Morgan fingerprint density at radius 2 is 2.18 bits per heavy atom. The zero-order valence-corrected chi connectivity index (χ0v) is 10.6. The first-order valence-corrected chi connectivity index (χ1v) is 6.02. The van der Waals surface area contributed by atoms with Crippen molar-refractivity contribution in [3.63, 3.8) is 0 Å². The van der Waals surface area contributed by atoms with E-state index in [1.807, 2.05) is 6.07 Å². The van der Waals surface area contributed by atoms with E-state index >= 15 is 0 Å². The van der Waals surface area contributed by atoms with E-state index in [-0.39, 0.29) is 10.6 Å². The van der Waals surface area contributed by atoms with E-state index in [4.69, 9.17) is 21.1 Å². The molecule has 0 aromatic carbocycles. The third-order valence-corrected chi connectivity index (χ3v) is 3.64. The highest BCUT2D eigenvalue weighted by atomic mass is 35.5. The number of aromatic nitrogens is 1. The quantitative estimate of drug-likeness (QED) is 0.470. The lowest BCUT2D eigenvalue weighted by Gasteiger charge is -2.36. The predicted molar refractivity (Wildman–Crippen MR) is 64.0 cm³/mol. The number of pyridine rings is 1. The number of hydrogen-bond donors (Lipinski definition) is 0. The summed E-state index contributed by atoms with van der Waals surface area (Å²) in [5, 5.41) is 11.7. The third kappa shape index (κ3) is 2.54. The van der Waals surface area contributed by atoms with Gasteiger partial charge in [0.2, 0.25) is 0 Å². The average Bonchev–Trinajstić information content (AvgIpc) is 2.34. The molecule has 1 aliphatic rings. The smallest absolute Gasteiger partial charge is 0.286 e. The summed E-state index contributed by atoms with van der Waals surface area (Å²) in [5.74, 6) is 0. The molecular formula is C12H16ClNO3. The molecule has 17 heavy (non-hydrogen) atoms. The first-order chi connectivity index (χ1) is 8.18. The largest absolute Gasteiger partial charge is 0.618 e. The van der Waals surface area contributed by atoms with Crippen molar-refractivity contribution in [2.45, 2.75) is 18.3 Å². The Bertz CT molecular complexity index is 386. The van der Waals surface area contributed by atoms with Crippen LogP contribution in [0, 0.1) is 5.21 Å². The first kappa shape index (κ1) is 12.6. The summed E-state index contributed by atoms with van der Waals surface area (Å²) < 4.78 is 11.4. The molecule has 0 amide bonds. The molecule has 1 aromatic rings. The van der Waals surface area contributed by atoms with Crippen LogP contribution in [-0.2, 0) is 14.9 Å². The molecular weight excluding hydrogens is 242 g/mol. The Morgan fingerprint density at radius 1 is 1.47 bits per heavy atom. The summed E-state index contributed by atoms with van der Waals surface area (Å²) in [4.78, 5) is 0. The lowest BCUT2D eigenvalue weighted by atomic mass is 9.75. The van der Waals surface area contributed by atoms with Crippen LogP contribution in [0.5, 0.6) is 0 Å². The fourth-order valence-corrected chi connectivity index (χ4v) is 2.44. The van der Waals surface area contributed by atoms with Gasteiger partial charge >= 0.3 is 0 Å². The second-order valence-electron chi connectivity index (χ2n) is 4.39. The molecule has 4 nitrogen and oxygen atoms in total. The Hall–Kier alpha value is -0.840. The van der Waals surface area contributed by atoms with Gasteiger partial charge in [-0.05, 0) is 30.5 Å². The van der Waals surface area contributed by atoms with Gasteiger partial charge in [0, 0.05) is 37.4 Å². The number of rotatable bonds is 3. The summed E-state index contributed by atoms with van der Waals surface area (Å²) >= 11 is 5.74. The molecule has 0 N–H and O–H groups in total. The molecule has 2 rings (SSSR count). The lowest BCUT2D eigenvalue weighted by Crippen LogP contribution is -2.40. The number of hydrogen-bond acceptors (Lipinski definition) is 3. The van der Waals surface area contributed by atoms with Gasteiger partial charge in [0.25, 0.3) is 5.15 Å². The van der Waals surface area contributed by atoms with E-state index in [1.54, 1.807) is 19.4 Å². The van der Waals surface area contributed by atoms with Crippen LogP contribution in [0.4, 0.5) is 0 Å². The molecule has 0 atom stereocenters. The molecule has 1 aliphatic heterocycles. The summed E-state index contributed by atoms with van der Waals surface area (Å²) in [5.41, 5.74) is 0.853. The Kier molecular flexibility index (Phi) is 3.86. The van der Waals surface area contributed by atoms with Crippen molar-refractivity contribution in [2.24, 2.45) is 0 Å². The van der Waals surface area contributed by atoms with E-state index < -0.39 is 0 Å². The number of methoxy groups -OCH3 is 1. The average molecular weight is 258 g/mol. The Labute approximate surface area is 106 Å². The van der Waals surface area contributed by atoms with Crippen LogP contribution in [-0.4, -0.2) is 26.9 Å². The zero-order valence-electron chi connectivity index (χ0n) is 9.82. The van der Waals surface area contributed by atoms with Crippen molar-refractivity contribution in [3.8, 4) is 0 Å². The zero-order chi connectivity index (χ0) is 12.3. The highest BCUT2D eigenvalue weighted by Gasteiger charge is 2.36. The van der Waals surface area contributed by atoms with Crippen molar-refractivity contribution in [1.82, 2.24) is 0 Å². The SMILES string of the molecule is COCC1(c2ccc(Cl)[n+]([O-])c2)CCOCC1. The molecule has 0 bridgehead atoms. The van der Waals surface area contributed by atoms with Crippen LogP contribution in [0.1, 0.15) is 18.4 Å². The van der Waals surface area contributed by atoms with Crippen LogP contribution in [0.25, 0.3) is 0 Å². The van der Waals surface area contributed by atoms with Crippen molar-refractivity contribution >= 4 is 11.6 Å². The van der Waals surface area contributed by atoms with Crippen LogP contribution in [0.2, 0.25) is 5.15 Å². The highest BCUT2D eigenvalue weighted by molar-refractivity contribution is 6.28. The monoisotopic (exact) mass is 257 g/mol. The van der Waals surface area contributed by atoms with Crippen LogP contribution < -0.4 is 4.73 Å². The molecule has 2 heterocycles. The fourth-order valence-electron chi connectivity index (χ4n) is 2.33. The number of nitrogens with zero attached hydrogens (tertiary/aromatic N) is 1. The lowest BCUT2D eigenvalue weighted by molar-refractivity contribution is -0.603. The summed E-state index contributed by atoms with van der Waals surface area (Å²) in [6.07, 6.45) is 3.28. The maximum atomic E-state index is 11.5. The normalized spacial score (nSPS) is 19.2. The van der Waals surface area contributed by atoms with Crippen LogP contribution in [0.15, 0.2) is 18.3 Å². The van der Waals surface area contributed by atoms with E-state index in [1.165, 1.54) is 0 Å². The molecule has 0 spiro atoms. The molecule has 5 heteroatoms. The van der Waals surface area contributed by atoms with Gasteiger partial charge < -0.3 is 14.7 Å². The number of ether oxygens (including phenoxy) is 2. The van der Waals surface area contributed by atoms with Gasteiger partial charge in [-0.1, -0.05) is 0 Å². The predicted octanol–water partition coefficient (Wildman–Crippen LogP) is 1.67. The summed E-state index contributed by atoms with van der Waals surface area (Å²) in [6.45, 7) is 1.99. The molecule has 1 saturated heterocycles. The van der Waals surface area contributed by atoms with E-state index in [0.717, 1.165) is 18.4 Å². The summed E-state index contributed by atoms with van der Waals surface area (Å²) in [7, 11) is 1.68. The highest BCUT2D eigenvalue weighted by Crippen LogP contribution is 2.34. The first-order valence-electron chi connectivity index (χ1n) is 5.64. The molecule has 0 unspecified atom stereocenters. The van der Waals surface area contributed by atoms with Crippen molar-refractivity contribution in [1.29, 1.82) is 0 Å². The molecule has 0 saturated carbocycles. The van der Waals surface area contributed by atoms with Gasteiger partial charge in [-0.3, -0.25) is 0 Å². The van der Waals surface area contributed by atoms with Crippen LogP contribution >= 0.6 is 11.6 Å².